The molecular formula is C44H29NO. The zero-order valence-corrected chi connectivity index (χ0v) is 25.1. The first-order valence-corrected chi connectivity index (χ1v) is 15.7. The van der Waals surface area contributed by atoms with Gasteiger partial charge in [-0.05, 0) is 63.4 Å². The Morgan fingerprint density at radius 1 is 0.391 bits per heavy atom. The number of benzene rings is 8. The minimum Gasteiger partial charge on any atom is -0.456 e. The first-order chi connectivity index (χ1) is 22.8. The van der Waals surface area contributed by atoms with Crippen LogP contribution in [0.15, 0.2) is 180 Å². The van der Waals surface area contributed by atoms with Gasteiger partial charge in [-0.3, -0.25) is 0 Å². The van der Waals surface area contributed by atoms with Gasteiger partial charge in [0.05, 0.1) is 16.8 Å². The van der Waals surface area contributed by atoms with Gasteiger partial charge in [0.1, 0.15) is 11.2 Å². The lowest BCUT2D eigenvalue weighted by atomic mass is 9.95. The molecule has 9 aromatic rings. The van der Waals surface area contributed by atoms with Gasteiger partial charge in [0.2, 0.25) is 0 Å². The Balaban J connectivity index is 1.38. The van der Waals surface area contributed by atoms with Crippen LogP contribution >= 0.6 is 0 Å². The summed E-state index contributed by atoms with van der Waals surface area (Å²) in [5.74, 6) is 0. The highest BCUT2D eigenvalue weighted by atomic mass is 16.3. The average molecular weight is 588 g/mol. The number of anilines is 3. The summed E-state index contributed by atoms with van der Waals surface area (Å²) >= 11 is 0. The number of fused-ring (bicyclic) bond motifs is 5. The summed E-state index contributed by atoms with van der Waals surface area (Å²) in [6, 6.07) is 62.7. The number of hydrogen-bond acceptors (Lipinski definition) is 2. The zero-order valence-electron chi connectivity index (χ0n) is 25.1. The smallest absolute Gasteiger partial charge is 0.138 e. The highest BCUT2D eigenvalue weighted by Gasteiger charge is 2.24. The third kappa shape index (κ3) is 4.27. The first kappa shape index (κ1) is 26.3. The highest BCUT2D eigenvalue weighted by molar-refractivity contribution is 6.23. The van der Waals surface area contributed by atoms with Gasteiger partial charge in [-0.15, -0.1) is 0 Å². The summed E-state index contributed by atoms with van der Waals surface area (Å²) < 4.78 is 6.54. The van der Waals surface area contributed by atoms with Gasteiger partial charge < -0.3 is 9.32 Å². The second kappa shape index (κ2) is 10.8. The number of furan rings is 1. The summed E-state index contributed by atoms with van der Waals surface area (Å²) in [5.41, 5.74) is 9.89. The Morgan fingerprint density at radius 2 is 0.978 bits per heavy atom. The maximum absolute atomic E-state index is 6.54. The molecule has 0 aliphatic carbocycles. The number of nitrogens with zero attached hydrogens (tertiary/aromatic N) is 1. The summed E-state index contributed by atoms with van der Waals surface area (Å²) in [6.45, 7) is 0. The van der Waals surface area contributed by atoms with Gasteiger partial charge in [0.25, 0.3) is 0 Å². The van der Waals surface area contributed by atoms with Crippen LogP contribution < -0.4 is 4.90 Å². The van der Waals surface area contributed by atoms with Crippen molar-refractivity contribution in [1.82, 2.24) is 0 Å². The van der Waals surface area contributed by atoms with Crippen molar-refractivity contribution < 1.29 is 4.42 Å². The standard InChI is InChI=1S/C44H29NO/c1-3-13-30(14-4-1)31-23-25-34(26-24-31)45(40-28-27-35(32-15-5-2-6-16-32)37-19-9-10-20-38(37)40)44-36-18-8-7-17-33(36)29-42-43(44)39-21-11-12-22-41(39)46-42/h1-29H. The predicted octanol–water partition coefficient (Wildman–Crippen LogP) is 12.7. The second-order valence-corrected chi connectivity index (χ2v) is 11.7. The van der Waals surface area contributed by atoms with Crippen LogP contribution in [0.2, 0.25) is 0 Å². The normalized spacial score (nSPS) is 11.5. The van der Waals surface area contributed by atoms with Crippen LogP contribution in [0, 0.1) is 0 Å². The van der Waals surface area contributed by atoms with E-state index in [0.717, 1.165) is 44.4 Å². The van der Waals surface area contributed by atoms with E-state index >= 15 is 0 Å². The van der Waals surface area contributed by atoms with Crippen molar-refractivity contribution in [3.8, 4) is 22.3 Å². The van der Waals surface area contributed by atoms with E-state index in [2.05, 4.69) is 175 Å². The van der Waals surface area contributed by atoms with Gasteiger partial charge >= 0.3 is 0 Å². The quantitative estimate of drug-likeness (QED) is 0.199. The molecule has 0 N–H and O–H groups in total. The van der Waals surface area contributed by atoms with Crippen molar-refractivity contribution in [3.05, 3.63) is 176 Å². The Hall–Kier alpha value is -6.12. The molecule has 0 aliphatic rings. The second-order valence-electron chi connectivity index (χ2n) is 11.7. The molecule has 2 heteroatoms. The van der Waals surface area contributed by atoms with Gasteiger partial charge in [0.15, 0.2) is 0 Å². The predicted molar refractivity (Wildman–Crippen MR) is 194 cm³/mol. The number of para-hydroxylation sites is 1. The van der Waals surface area contributed by atoms with Crippen LogP contribution in [-0.2, 0) is 0 Å². The summed E-state index contributed by atoms with van der Waals surface area (Å²) in [5, 5.41) is 6.92. The van der Waals surface area contributed by atoms with E-state index in [1.54, 1.807) is 0 Å². The van der Waals surface area contributed by atoms with E-state index < -0.39 is 0 Å². The fraction of sp³-hybridized carbons (Fsp3) is 0. The molecule has 0 fully saturated rings. The lowest BCUT2D eigenvalue weighted by molar-refractivity contribution is 0.669. The summed E-state index contributed by atoms with van der Waals surface area (Å²) in [4.78, 5) is 2.44. The van der Waals surface area contributed by atoms with Crippen LogP contribution in [0.5, 0.6) is 0 Å². The molecule has 0 amide bonds. The molecule has 0 spiro atoms. The van der Waals surface area contributed by atoms with Gasteiger partial charge in [-0.1, -0.05) is 146 Å². The molecular weight excluding hydrogens is 558 g/mol. The van der Waals surface area contributed by atoms with Gasteiger partial charge in [-0.25, -0.2) is 0 Å². The maximum Gasteiger partial charge on any atom is 0.138 e. The molecule has 0 radical (unpaired) electrons. The molecule has 2 nitrogen and oxygen atoms in total. The van der Waals surface area contributed by atoms with E-state index in [0.29, 0.717) is 0 Å². The zero-order chi connectivity index (χ0) is 30.5. The molecule has 0 unspecified atom stereocenters. The first-order valence-electron chi connectivity index (χ1n) is 15.7. The lowest BCUT2D eigenvalue weighted by Gasteiger charge is -2.29. The van der Waals surface area contributed by atoms with Crippen LogP contribution in [0.4, 0.5) is 17.1 Å². The fourth-order valence-corrected chi connectivity index (χ4v) is 6.93. The lowest BCUT2D eigenvalue weighted by Crippen LogP contribution is -2.12. The van der Waals surface area contributed by atoms with Crippen molar-refractivity contribution in [2.45, 2.75) is 0 Å². The van der Waals surface area contributed by atoms with Crippen molar-refractivity contribution >= 4 is 60.5 Å². The van der Waals surface area contributed by atoms with Gasteiger partial charge in [0, 0.05) is 21.8 Å². The molecule has 0 bridgehead atoms. The topological polar surface area (TPSA) is 16.4 Å². The maximum atomic E-state index is 6.54. The van der Waals surface area contributed by atoms with Gasteiger partial charge in [-0.2, -0.15) is 0 Å². The molecule has 8 aromatic carbocycles. The van der Waals surface area contributed by atoms with E-state index in [1.807, 2.05) is 6.07 Å². The summed E-state index contributed by atoms with van der Waals surface area (Å²) in [6.07, 6.45) is 0. The molecule has 0 saturated heterocycles. The highest BCUT2D eigenvalue weighted by Crippen LogP contribution is 2.49. The number of rotatable bonds is 5. The van der Waals surface area contributed by atoms with E-state index in [1.165, 1.54) is 38.4 Å². The monoisotopic (exact) mass is 587 g/mol. The Bertz CT molecular complexity index is 2510. The largest absolute Gasteiger partial charge is 0.456 e. The minimum absolute atomic E-state index is 0.881. The Labute approximate surface area is 267 Å². The molecule has 46 heavy (non-hydrogen) atoms. The molecule has 1 aromatic heterocycles. The van der Waals surface area contributed by atoms with Crippen LogP contribution in [0.25, 0.3) is 65.7 Å². The molecule has 0 aliphatic heterocycles. The van der Waals surface area contributed by atoms with Crippen molar-refractivity contribution in [1.29, 1.82) is 0 Å². The van der Waals surface area contributed by atoms with E-state index in [9.17, 15) is 0 Å². The summed E-state index contributed by atoms with van der Waals surface area (Å²) in [7, 11) is 0. The van der Waals surface area contributed by atoms with Crippen molar-refractivity contribution in [2.24, 2.45) is 0 Å². The molecule has 9 rings (SSSR count). The van der Waals surface area contributed by atoms with Crippen molar-refractivity contribution in [2.75, 3.05) is 4.90 Å². The van der Waals surface area contributed by atoms with Crippen LogP contribution in [-0.4, -0.2) is 0 Å². The van der Waals surface area contributed by atoms with E-state index in [-0.39, 0.29) is 0 Å². The Kier molecular flexibility index (Phi) is 6.17. The third-order valence-electron chi connectivity index (χ3n) is 9.05. The number of hydrogen-bond donors (Lipinski definition) is 0. The van der Waals surface area contributed by atoms with Crippen molar-refractivity contribution in [3.63, 3.8) is 0 Å². The molecule has 0 atom stereocenters. The van der Waals surface area contributed by atoms with E-state index in [4.69, 9.17) is 4.42 Å². The molecule has 216 valence electrons. The van der Waals surface area contributed by atoms with Crippen LogP contribution in [0.1, 0.15) is 0 Å². The third-order valence-corrected chi connectivity index (χ3v) is 9.05. The molecule has 1 heterocycles. The Morgan fingerprint density at radius 3 is 1.74 bits per heavy atom. The molecule has 0 saturated carbocycles. The minimum atomic E-state index is 0.881. The SMILES string of the molecule is c1ccc(-c2ccc(N(c3ccc(-c4ccccc4)c4ccccc34)c3c4ccccc4cc4oc5ccccc5c34)cc2)cc1. The fourth-order valence-electron chi connectivity index (χ4n) is 6.93. The average Bonchev–Trinajstić information content (AvgIpc) is 3.50. The van der Waals surface area contributed by atoms with Crippen LogP contribution in [0.3, 0.4) is 0 Å².